The van der Waals surface area contributed by atoms with E-state index < -0.39 is 0 Å². The van der Waals surface area contributed by atoms with Crippen LogP contribution in [0.15, 0.2) is 18.2 Å². The highest BCUT2D eigenvalue weighted by Crippen LogP contribution is 2.20. The minimum absolute atomic E-state index is 0.0731. The van der Waals surface area contributed by atoms with Gasteiger partial charge in [0.15, 0.2) is 0 Å². The van der Waals surface area contributed by atoms with Gasteiger partial charge in [-0.1, -0.05) is 6.07 Å². The maximum absolute atomic E-state index is 12.3. The van der Waals surface area contributed by atoms with E-state index in [1.54, 1.807) is 33.3 Å². The minimum atomic E-state index is -0.231. The third-order valence-corrected chi connectivity index (χ3v) is 4.96. The van der Waals surface area contributed by atoms with E-state index in [0.717, 1.165) is 44.6 Å². The molecule has 3 amide bonds. The number of urea groups is 1. The number of anilines is 1. The highest BCUT2D eigenvalue weighted by molar-refractivity contribution is 5.98. The van der Waals surface area contributed by atoms with Crippen LogP contribution in [0.3, 0.4) is 0 Å². The molecule has 2 rings (SSSR count). The Balaban J connectivity index is 1.81. The Morgan fingerprint density at radius 1 is 1.33 bits per heavy atom. The molecule has 1 aromatic carbocycles. The van der Waals surface area contributed by atoms with Crippen molar-refractivity contribution in [1.29, 1.82) is 0 Å². The SMILES string of the molecule is COCCCN1CC[C@H](CNC(=O)Nc2cccc(C(=O)N(C)C)c2C)C1. The van der Waals surface area contributed by atoms with Gasteiger partial charge in [-0.3, -0.25) is 4.79 Å². The van der Waals surface area contributed by atoms with E-state index in [1.165, 1.54) is 4.90 Å². The molecule has 150 valence electrons. The summed E-state index contributed by atoms with van der Waals surface area (Å²) >= 11 is 0. The first-order valence-electron chi connectivity index (χ1n) is 9.49. The molecule has 0 saturated carbocycles. The summed E-state index contributed by atoms with van der Waals surface area (Å²) in [6.45, 7) is 6.42. The predicted octanol–water partition coefficient (Wildman–Crippen LogP) is 2.18. The van der Waals surface area contributed by atoms with Crippen LogP contribution in [0, 0.1) is 12.8 Å². The average molecular weight is 377 g/mol. The van der Waals surface area contributed by atoms with Crippen molar-refractivity contribution in [3.63, 3.8) is 0 Å². The quantitative estimate of drug-likeness (QED) is 0.682. The number of likely N-dealkylation sites (tertiary alicyclic amines) is 1. The zero-order chi connectivity index (χ0) is 19.8. The van der Waals surface area contributed by atoms with Crippen molar-refractivity contribution in [3.8, 4) is 0 Å². The Kier molecular flexibility index (Phi) is 8.06. The van der Waals surface area contributed by atoms with E-state index in [4.69, 9.17) is 4.74 Å². The number of hydrogen-bond donors (Lipinski definition) is 2. The zero-order valence-electron chi connectivity index (χ0n) is 16.9. The van der Waals surface area contributed by atoms with E-state index in [9.17, 15) is 9.59 Å². The number of methoxy groups -OCH3 is 1. The van der Waals surface area contributed by atoms with Crippen LogP contribution < -0.4 is 10.6 Å². The Labute approximate surface area is 162 Å². The zero-order valence-corrected chi connectivity index (χ0v) is 16.9. The Morgan fingerprint density at radius 2 is 2.11 bits per heavy atom. The van der Waals surface area contributed by atoms with Crippen LogP contribution in [0.1, 0.15) is 28.8 Å². The summed E-state index contributed by atoms with van der Waals surface area (Å²) in [5.74, 6) is 0.400. The molecular formula is C20H32N4O3. The highest BCUT2D eigenvalue weighted by atomic mass is 16.5. The summed E-state index contributed by atoms with van der Waals surface area (Å²) in [5, 5.41) is 5.83. The van der Waals surface area contributed by atoms with E-state index in [-0.39, 0.29) is 11.9 Å². The summed E-state index contributed by atoms with van der Waals surface area (Å²) in [6, 6.07) is 5.14. The number of carbonyl (C=O) groups is 2. The van der Waals surface area contributed by atoms with Gasteiger partial charge in [-0.25, -0.2) is 4.79 Å². The second-order valence-electron chi connectivity index (χ2n) is 7.31. The number of benzene rings is 1. The first kappa shape index (κ1) is 21.2. The van der Waals surface area contributed by atoms with E-state index in [2.05, 4.69) is 15.5 Å². The van der Waals surface area contributed by atoms with E-state index >= 15 is 0 Å². The topological polar surface area (TPSA) is 73.9 Å². The van der Waals surface area contributed by atoms with Gasteiger partial charge in [0.05, 0.1) is 0 Å². The van der Waals surface area contributed by atoms with Gasteiger partial charge in [0.25, 0.3) is 5.91 Å². The van der Waals surface area contributed by atoms with Gasteiger partial charge in [-0.2, -0.15) is 0 Å². The molecule has 0 aromatic heterocycles. The standard InChI is InChI=1S/C20H32N4O3/c1-15-17(19(25)23(2)3)7-5-8-18(15)22-20(26)21-13-16-9-11-24(14-16)10-6-12-27-4/h5,7-8,16H,6,9-14H2,1-4H3,(H2,21,22,26)/t16-/m1/s1. The molecule has 1 heterocycles. The second kappa shape index (κ2) is 10.3. The van der Waals surface area contributed by atoms with E-state index in [0.29, 0.717) is 23.7 Å². The predicted molar refractivity (Wildman–Crippen MR) is 107 cm³/mol. The van der Waals surface area contributed by atoms with Crippen LogP contribution in [0.25, 0.3) is 0 Å². The lowest BCUT2D eigenvalue weighted by Gasteiger charge is -2.17. The molecular weight excluding hydrogens is 344 g/mol. The number of rotatable bonds is 8. The molecule has 1 fully saturated rings. The highest BCUT2D eigenvalue weighted by Gasteiger charge is 2.22. The number of carbonyl (C=O) groups excluding carboxylic acids is 2. The molecule has 0 spiro atoms. The van der Waals surface area contributed by atoms with Crippen molar-refractivity contribution in [2.24, 2.45) is 5.92 Å². The molecule has 0 bridgehead atoms. The van der Waals surface area contributed by atoms with Gasteiger partial charge >= 0.3 is 6.03 Å². The Bertz CT molecular complexity index is 648. The van der Waals surface area contributed by atoms with Crippen molar-refractivity contribution in [2.75, 3.05) is 59.3 Å². The molecule has 2 N–H and O–H groups in total. The third kappa shape index (κ3) is 6.22. The van der Waals surface area contributed by atoms with Crippen molar-refractivity contribution in [1.82, 2.24) is 15.1 Å². The Hall–Kier alpha value is -2.12. The summed E-state index contributed by atoms with van der Waals surface area (Å²) in [5.41, 5.74) is 2.03. The van der Waals surface area contributed by atoms with Crippen LogP contribution >= 0.6 is 0 Å². The molecule has 1 atom stereocenters. The van der Waals surface area contributed by atoms with Gasteiger partial charge in [0.2, 0.25) is 0 Å². The van der Waals surface area contributed by atoms with Crippen LogP contribution in [0.4, 0.5) is 10.5 Å². The van der Waals surface area contributed by atoms with Crippen molar-refractivity contribution in [3.05, 3.63) is 29.3 Å². The monoisotopic (exact) mass is 376 g/mol. The first-order valence-corrected chi connectivity index (χ1v) is 9.49. The van der Waals surface area contributed by atoms with Crippen molar-refractivity contribution < 1.29 is 14.3 Å². The summed E-state index contributed by atoms with van der Waals surface area (Å²) in [7, 11) is 5.16. The molecule has 0 unspecified atom stereocenters. The van der Waals surface area contributed by atoms with Crippen LogP contribution in [0.5, 0.6) is 0 Å². The number of ether oxygens (including phenoxy) is 1. The van der Waals surface area contributed by atoms with Gasteiger partial charge in [0, 0.05) is 58.7 Å². The maximum Gasteiger partial charge on any atom is 0.319 e. The fourth-order valence-corrected chi connectivity index (χ4v) is 3.36. The lowest BCUT2D eigenvalue weighted by molar-refractivity contribution is 0.0827. The van der Waals surface area contributed by atoms with Crippen molar-refractivity contribution >= 4 is 17.6 Å². The molecule has 0 radical (unpaired) electrons. The average Bonchev–Trinajstić information content (AvgIpc) is 3.09. The van der Waals surface area contributed by atoms with Gasteiger partial charge in [-0.15, -0.1) is 0 Å². The summed E-state index contributed by atoms with van der Waals surface area (Å²) < 4.78 is 5.09. The minimum Gasteiger partial charge on any atom is -0.385 e. The third-order valence-electron chi connectivity index (χ3n) is 4.96. The fourth-order valence-electron chi connectivity index (χ4n) is 3.36. The maximum atomic E-state index is 12.3. The van der Waals surface area contributed by atoms with Gasteiger partial charge in [-0.05, 0) is 49.9 Å². The molecule has 1 saturated heterocycles. The van der Waals surface area contributed by atoms with Crippen LogP contribution in [0.2, 0.25) is 0 Å². The van der Waals surface area contributed by atoms with Crippen LogP contribution in [-0.4, -0.2) is 75.7 Å². The van der Waals surface area contributed by atoms with Crippen molar-refractivity contribution in [2.45, 2.75) is 19.8 Å². The molecule has 0 aliphatic carbocycles. The molecule has 7 nitrogen and oxygen atoms in total. The van der Waals surface area contributed by atoms with Gasteiger partial charge < -0.3 is 25.2 Å². The fraction of sp³-hybridized carbons (Fsp3) is 0.600. The number of nitrogens with zero attached hydrogens (tertiary/aromatic N) is 2. The van der Waals surface area contributed by atoms with Crippen LogP contribution in [-0.2, 0) is 4.74 Å². The molecule has 1 aromatic rings. The normalized spacial score (nSPS) is 17.0. The number of amides is 3. The van der Waals surface area contributed by atoms with E-state index in [1.807, 2.05) is 13.0 Å². The smallest absolute Gasteiger partial charge is 0.319 e. The summed E-state index contributed by atoms with van der Waals surface area (Å²) in [6.07, 6.45) is 2.14. The molecule has 1 aliphatic heterocycles. The van der Waals surface area contributed by atoms with Gasteiger partial charge in [0.1, 0.15) is 0 Å². The first-order chi connectivity index (χ1) is 12.9. The second-order valence-corrected chi connectivity index (χ2v) is 7.31. The Morgan fingerprint density at radius 3 is 2.81 bits per heavy atom. The molecule has 1 aliphatic rings. The summed E-state index contributed by atoms with van der Waals surface area (Å²) in [4.78, 5) is 28.4. The molecule has 27 heavy (non-hydrogen) atoms. The number of hydrogen-bond acceptors (Lipinski definition) is 4. The lowest BCUT2D eigenvalue weighted by atomic mass is 10.1. The number of nitrogens with one attached hydrogen (secondary N) is 2. The lowest BCUT2D eigenvalue weighted by Crippen LogP contribution is -2.34. The largest absolute Gasteiger partial charge is 0.385 e. The molecule has 7 heteroatoms.